The minimum atomic E-state index is 0.193. The van der Waals surface area contributed by atoms with Gasteiger partial charge in [-0.25, -0.2) is 4.98 Å². The Morgan fingerprint density at radius 1 is 1.23 bits per heavy atom. The molecule has 3 aromatic rings. The maximum Gasteiger partial charge on any atom is 0.242 e. The molecule has 1 aliphatic rings. The van der Waals surface area contributed by atoms with Gasteiger partial charge < -0.3 is 14.0 Å². The van der Waals surface area contributed by atoms with E-state index < -0.39 is 0 Å². The second-order valence-corrected chi connectivity index (χ2v) is 7.47. The van der Waals surface area contributed by atoms with Gasteiger partial charge in [0.2, 0.25) is 5.91 Å². The fourth-order valence-corrected chi connectivity index (χ4v) is 4.02. The number of benzene rings is 1. The highest BCUT2D eigenvalue weighted by atomic mass is 16.2. The minimum Gasteiger partial charge on any atom is -0.340 e. The lowest BCUT2D eigenvalue weighted by molar-refractivity contribution is -0.133. The van der Waals surface area contributed by atoms with Gasteiger partial charge in [-0.3, -0.25) is 4.79 Å². The lowest BCUT2D eigenvalue weighted by Crippen LogP contribution is -2.41. The summed E-state index contributed by atoms with van der Waals surface area (Å²) >= 11 is 0. The van der Waals surface area contributed by atoms with Crippen molar-refractivity contribution in [1.82, 2.24) is 19.0 Å². The van der Waals surface area contributed by atoms with E-state index in [0.717, 1.165) is 37.3 Å². The topological polar surface area (TPSA) is 43.1 Å². The maximum atomic E-state index is 12.9. The summed E-state index contributed by atoms with van der Waals surface area (Å²) in [6.07, 6.45) is 8.07. The molecule has 1 aliphatic heterocycles. The van der Waals surface area contributed by atoms with E-state index in [1.165, 1.54) is 5.39 Å². The predicted octanol–water partition coefficient (Wildman–Crippen LogP) is 3.82. The first-order valence-corrected chi connectivity index (χ1v) is 9.48. The first-order valence-electron chi connectivity index (χ1n) is 9.48. The van der Waals surface area contributed by atoms with Crippen LogP contribution in [0, 0.1) is 0 Å². The average molecular weight is 350 g/mol. The normalized spacial score (nSPS) is 18.0. The Morgan fingerprint density at radius 3 is 2.92 bits per heavy atom. The van der Waals surface area contributed by atoms with Crippen LogP contribution in [0.5, 0.6) is 0 Å². The lowest BCUT2D eigenvalue weighted by Gasteiger charge is -2.33. The molecule has 1 unspecified atom stereocenters. The lowest BCUT2D eigenvalue weighted by atomic mass is 9.96. The molecule has 2 aromatic heterocycles. The standard InChI is InChI=1S/C21H26N4O/c1-16(2)25-13-10-22-21(25)18-7-5-11-24(14-18)20(26)15-23-12-9-17-6-3-4-8-19(17)23/h3-4,6,8-10,12-13,16,18H,5,7,11,14-15H2,1-2H3. The number of likely N-dealkylation sites (tertiary alicyclic amines) is 1. The summed E-state index contributed by atoms with van der Waals surface area (Å²) in [5, 5.41) is 1.18. The number of rotatable bonds is 4. The first-order chi connectivity index (χ1) is 12.6. The van der Waals surface area contributed by atoms with E-state index in [-0.39, 0.29) is 5.91 Å². The van der Waals surface area contributed by atoms with Crippen molar-refractivity contribution in [1.29, 1.82) is 0 Å². The van der Waals surface area contributed by atoms with Crippen molar-refractivity contribution in [2.75, 3.05) is 13.1 Å². The number of hydrogen-bond acceptors (Lipinski definition) is 2. The van der Waals surface area contributed by atoms with Gasteiger partial charge in [-0.15, -0.1) is 0 Å². The van der Waals surface area contributed by atoms with Gasteiger partial charge in [0.05, 0.1) is 0 Å². The first kappa shape index (κ1) is 16.9. The molecule has 1 saturated heterocycles. The third kappa shape index (κ3) is 3.14. The third-order valence-corrected chi connectivity index (χ3v) is 5.38. The van der Waals surface area contributed by atoms with E-state index in [4.69, 9.17) is 0 Å². The quantitative estimate of drug-likeness (QED) is 0.718. The zero-order chi connectivity index (χ0) is 18.1. The largest absolute Gasteiger partial charge is 0.340 e. The van der Waals surface area contributed by atoms with Crippen LogP contribution in [-0.4, -0.2) is 38.0 Å². The summed E-state index contributed by atoms with van der Waals surface area (Å²) in [4.78, 5) is 19.5. The van der Waals surface area contributed by atoms with Gasteiger partial charge in [-0.1, -0.05) is 18.2 Å². The van der Waals surface area contributed by atoms with E-state index in [0.29, 0.717) is 18.5 Å². The molecule has 0 N–H and O–H groups in total. The Hall–Kier alpha value is -2.56. The zero-order valence-electron chi connectivity index (χ0n) is 15.5. The van der Waals surface area contributed by atoms with Crippen molar-refractivity contribution in [3.8, 4) is 0 Å². The van der Waals surface area contributed by atoms with Crippen molar-refractivity contribution in [2.45, 2.75) is 45.2 Å². The molecule has 0 saturated carbocycles. The Morgan fingerprint density at radius 2 is 2.08 bits per heavy atom. The fourth-order valence-electron chi connectivity index (χ4n) is 4.02. The molecule has 1 amide bonds. The van der Waals surface area contributed by atoms with Crippen molar-refractivity contribution in [3.05, 3.63) is 54.7 Å². The number of carbonyl (C=O) groups is 1. The smallest absolute Gasteiger partial charge is 0.242 e. The monoisotopic (exact) mass is 350 g/mol. The zero-order valence-corrected chi connectivity index (χ0v) is 15.5. The fraction of sp³-hybridized carbons (Fsp3) is 0.429. The van der Waals surface area contributed by atoms with Crippen LogP contribution in [0.3, 0.4) is 0 Å². The highest BCUT2D eigenvalue weighted by Crippen LogP contribution is 2.28. The molecule has 3 heterocycles. The second-order valence-electron chi connectivity index (χ2n) is 7.47. The number of aromatic nitrogens is 3. The second kappa shape index (κ2) is 6.98. The highest BCUT2D eigenvalue weighted by molar-refractivity contribution is 5.83. The highest BCUT2D eigenvalue weighted by Gasteiger charge is 2.28. The van der Waals surface area contributed by atoms with Gasteiger partial charge in [0.1, 0.15) is 12.4 Å². The Kier molecular flexibility index (Phi) is 4.53. The summed E-state index contributed by atoms with van der Waals surface area (Å²) in [5.74, 6) is 1.63. The molecule has 136 valence electrons. The molecule has 1 fully saturated rings. The van der Waals surface area contributed by atoms with Gasteiger partial charge in [-0.2, -0.15) is 0 Å². The molecule has 1 atom stereocenters. The van der Waals surface area contributed by atoms with Crippen LogP contribution >= 0.6 is 0 Å². The Bertz CT molecular complexity index is 908. The minimum absolute atomic E-state index is 0.193. The number of para-hydroxylation sites is 1. The SMILES string of the molecule is CC(C)n1ccnc1C1CCCN(C(=O)Cn2ccc3ccccc32)C1. The Labute approximate surface area is 154 Å². The van der Waals surface area contributed by atoms with Crippen molar-refractivity contribution >= 4 is 16.8 Å². The maximum absolute atomic E-state index is 12.9. The van der Waals surface area contributed by atoms with Crippen LogP contribution in [0.25, 0.3) is 10.9 Å². The summed E-state index contributed by atoms with van der Waals surface area (Å²) in [6.45, 7) is 6.36. The summed E-state index contributed by atoms with van der Waals surface area (Å²) in [7, 11) is 0. The molecule has 0 spiro atoms. The van der Waals surface area contributed by atoms with Crippen LogP contribution < -0.4 is 0 Å². The molecule has 5 nitrogen and oxygen atoms in total. The van der Waals surface area contributed by atoms with Gasteiger partial charge >= 0.3 is 0 Å². The molecule has 26 heavy (non-hydrogen) atoms. The van der Waals surface area contributed by atoms with E-state index in [1.54, 1.807) is 0 Å². The van der Waals surface area contributed by atoms with Crippen LogP contribution in [0.15, 0.2) is 48.9 Å². The molecule has 0 radical (unpaired) electrons. The van der Waals surface area contributed by atoms with Crippen LogP contribution in [0.1, 0.15) is 44.5 Å². The number of amides is 1. The van der Waals surface area contributed by atoms with Crippen LogP contribution in [-0.2, 0) is 11.3 Å². The number of imidazole rings is 1. The van der Waals surface area contributed by atoms with Gasteiger partial charge in [0, 0.05) is 49.2 Å². The summed E-state index contributed by atoms with van der Waals surface area (Å²) in [5.41, 5.74) is 1.12. The number of fused-ring (bicyclic) bond motifs is 1. The molecule has 0 aliphatic carbocycles. The number of carbonyl (C=O) groups excluding carboxylic acids is 1. The van der Waals surface area contributed by atoms with Crippen molar-refractivity contribution < 1.29 is 4.79 Å². The average Bonchev–Trinajstić information content (AvgIpc) is 3.29. The van der Waals surface area contributed by atoms with Gasteiger partial charge in [-0.05, 0) is 44.2 Å². The number of nitrogens with zero attached hydrogens (tertiary/aromatic N) is 4. The van der Waals surface area contributed by atoms with Crippen LogP contribution in [0.2, 0.25) is 0 Å². The van der Waals surface area contributed by atoms with Gasteiger partial charge in [0.15, 0.2) is 0 Å². The molecule has 4 rings (SSSR count). The van der Waals surface area contributed by atoms with Gasteiger partial charge in [0.25, 0.3) is 0 Å². The third-order valence-electron chi connectivity index (χ3n) is 5.38. The summed E-state index contributed by atoms with van der Waals surface area (Å²) < 4.78 is 4.29. The number of hydrogen-bond donors (Lipinski definition) is 0. The number of piperidine rings is 1. The molecular weight excluding hydrogens is 324 g/mol. The van der Waals surface area contributed by atoms with E-state index in [1.807, 2.05) is 35.6 Å². The summed E-state index contributed by atoms with van der Waals surface area (Å²) in [6, 6.07) is 10.7. The van der Waals surface area contributed by atoms with E-state index >= 15 is 0 Å². The van der Waals surface area contributed by atoms with Crippen molar-refractivity contribution in [3.63, 3.8) is 0 Å². The van der Waals surface area contributed by atoms with Crippen LogP contribution in [0.4, 0.5) is 0 Å². The molecule has 5 heteroatoms. The molecule has 0 bridgehead atoms. The molecular formula is C21H26N4O. The molecule has 1 aromatic carbocycles. The predicted molar refractivity (Wildman–Crippen MR) is 103 cm³/mol. The van der Waals surface area contributed by atoms with Crippen molar-refractivity contribution in [2.24, 2.45) is 0 Å². The van der Waals surface area contributed by atoms with E-state index in [9.17, 15) is 4.79 Å². The van der Waals surface area contributed by atoms with E-state index in [2.05, 4.69) is 46.2 Å². The Balaban J connectivity index is 1.49.